The van der Waals surface area contributed by atoms with Crippen molar-refractivity contribution in [2.75, 3.05) is 5.32 Å². The van der Waals surface area contributed by atoms with Crippen molar-refractivity contribution in [2.24, 2.45) is 0 Å². The number of anilines is 1. The van der Waals surface area contributed by atoms with Crippen molar-refractivity contribution in [3.8, 4) is 0 Å². The first kappa shape index (κ1) is 15.5. The topological polar surface area (TPSA) is 58.2 Å². The van der Waals surface area contributed by atoms with Gasteiger partial charge in [-0.1, -0.05) is 41.4 Å². The van der Waals surface area contributed by atoms with Crippen LogP contribution in [-0.2, 0) is 15.0 Å². The van der Waals surface area contributed by atoms with Crippen molar-refractivity contribution in [2.45, 2.75) is 24.3 Å². The molecule has 2 aliphatic rings. The minimum Gasteiger partial charge on any atom is -0.348 e. The Kier molecular flexibility index (Phi) is 3.55. The summed E-state index contributed by atoms with van der Waals surface area (Å²) >= 11 is 12.5. The monoisotopic (exact) mass is 360 g/mol. The first-order chi connectivity index (χ1) is 11.5. The standard InChI is InChI=1S/C18H14Cl2N2O2/c19-10-5-6-13(20)11(9-10)16-18(8-7-15(23)22-16)12-3-1-2-4-14(12)21-17(18)24/h1-6,9,16H,7-8H2,(H,21,24)(H,22,23). The molecule has 0 aliphatic carbocycles. The molecule has 2 heterocycles. The lowest BCUT2D eigenvalue weighted by Crippen LogP contribution is -2.52. The minimum atomic E-state index is -0.876. The lowest BCUT2D eigenvalue weighted by atomic mass is 9.67. The average Bonchev–Trinajstić information content (AvgIpc) is 2.85. The number of carbonyl (C=O) groups is 2. The van der Waals surface area contributed by atoms with Crippen molar-refractivity contribution >= 4 is 40.7 Å². The first-order valence-corrected chi connectivity index (χ1v) is 8.43. The molecule has 4 nitrogen and oxygen atoms in total. The van der Waals surface area contributed by atoms with Gasteiger partial charge in [0.1, 0.15) is 5.41 Å². The Labute approximate surface area is 149 Å². The fourth-order valence-corrected chi connectivity index (χ4v) is 4.17. The summed E-state index contributed by atoms with van der Waals surface area (Å²) in [5, 5.41) is 6.89. The molecule has 2 N–H and O–H groups in total. The quantitative estimate of drug-likeness (QED) is 0.811. The average molecular weight is 361 g/mol. The highest BCUT2D eigenvalue weighted by Gasteiger charge is 2.55. The Morgan fingerprint density at radius 3 is 2.71 bits per heavy atom. The van der Waals surface area contributed by atoms with E-state index in [4.69, 9.17) is 23.2 Å². The van der Waals surface area contributed by atoms with Gasteiger partial charge in [-0.25, -0.2) is 0 Å². The van der Waals surface area contributed by atoms with Gasteiger partial charge in [-0.3, -0.25) is 9.59 Å². The second-order valence-corrected chi connectivity index (χ2v) is 6.98. The second kappa shape index (κ2) is 5.50. The summed E-state index contributed by atoms with van der Waals surface area (Å²) in [5.74, 6) is -0.219. The lowest BCUT2D eigenvalue weighted by molar-refractivity contribution is -0.130. The summed E-state index contributed by atoms with van der Waals surface area (Å²) in [6, 6.07) is 12.1. The Morgan fingerprint density at radius 1 is 1.08 bits per heavy atom. The normalized spacial score (nSPS) is 25.3. The zero-order valence-corrected chi connectivity index (χ0v) is 14.1. The highest BCUT2D eigenvalue weighted by molar-refractivity contribution is 6.33. The molecule has 0 aromatic heterocycles. The van der Waals surface area contributed by atoms with Crippen LogP contribution in [0.5, 0.6) is 0 Å². The Morgan fingerprint density at radius 2 is 1.88 bits per heavy atom. The Bertz CT molecular complexity index is 868. The van der Waals surface area contributed by atoms with Crippen molar-refractivity contribution in [1.29, 1.82) is 0 Å². The van der Waals surface area contributed by atoms with Crippen LogP contribution in [-0.4, -0.2) is 11.8 Å². The molecule has 0 bridgehead atoms. The van der Waals surface area contributed by atoms with Crippen LogP contribution in [0.1, 0.15) is 30.0 Å². The summed E-state index contributed by atoms with van der Waals surface area (Å²) < 4.78 is 0. The van der Waals surface area contributed by atoms with Gasteiger partial charge in [0.15, 0.2) is 0 Å². The van der Waals surface area contributed by atoms with Crippen LogP contribution in [0, 0.1) is 0 Å². The summed E-state index contributed by atoms with van der Waals surface area (Å²) in [5.41, 5.74) is 1.45. The smallest absolute Gasteiger partial charge is 0.237 e. The molecule has 2 aromatic carbocycles. The summed E-state index contributed by atoms with van der Waals surface area (Å²) in [7, 11) is 0. The van der Waals surface area contributed by atoms with Gasteiger partial charge in [0.2, 0.25) is 11.8 Å². The van der Waals surface area contributed by atoms with Gasteiger partial charge in [-0.05, 0) is 41.8 Å². The van der Waals surface area contributed by atoms with Gasteiger partial charge in [0.05, 0.1) is 6.04 Å². The molecule has 0 radical (unpaired) electrons. The Hall–Kier alpha value is -2.04. The summed E-state index contributed by atoms with van der Waals surface area (Å²) in [4.78, 5) is 25.0. The Balaban J connectivity index is 1.94. The predicted molar refractivity (Wildman–Crippen MR) is 93.3 cm³/mol. The van der Waals surface area contributed by atoms with E-state index in [1.807, 2.05) is 24.3 Å². The van der Waals surface area contributed by atoms with Crippen LogP contribution in [0.4, 0.5) is 5.69 Å². The van der Waals surface area contributed by atoms with Crippen LogP contribution in [0.3, 0.4) is 0 Å². The molecule has 2 aliphatic heterocycles. The van der Waals surface area contributed by atoms with E-state index < -0.39 is 11.5 Å². The van der Waals surface area contributed by atoms with Crippen molar-refractivity contribution < 1.29 is 9.59 Å². The van der Waals surface area contributed by atoms with E-state index in [1.165, 1.54) is 0 Å². The molecule has 2 atom stereocenters. The maximum atomic E-state index is 13.0. The molecule has 1 spiro atoms. The summed E-state index contributed by atoms with van der Waals surface area (Å²) in [6.45, 7) is 0. The van der Waals surface area contributed by atoms with E-state index in [2.05, 4.69) is 10.6 Å². The minimum absolute atomic E-state index is 0.0983. The molecule has 0 saturated carbocycles. The number of fused-ring (bicyclic) bond motifs is 2. The first-order valence-electron chi connectivity index (χ1n) is 7.67. The number of rotatable bonds is 1. The molecule has 2 amide bonds. The molecule has 6 heteroatoms. The molecule has 1 fully saturated rings. The zero-order valence-electron chi connectivity index (χ0n) is 12.6. The number of halogens is 2. The van der Waals surface area contributed by atoms with E-state index in [1.54, 1.807) is 18.2 Å². The lowest BCUT2D eigenvalue weighted by Gasteiger charge is -2.40. The molecule has 2 unspecified atom stereocenters. The third-order valence-corrected chi connectivity index (χ3v) is 5.45. The van der Waals surface area contributed by atoms with Crippen LogP contribution >= 0.6 is 23.2 Å². The van der Waals surface area contributed by atoms with Gasteiger partial charge >= 0.3 is 0 Å². The molecule has 4 rings (SSSR count). The highest BCUT2D eigenvalue weighted by Crippen LogP contribution is 2.51. The van der Waals surface area contributed by atoms with Crippen LogP contribution < -0.4 is 10.6 Å². The molecule has 1 saturated heterocycles. The van der Waals surface area contributed by atoms with E-state index in [0.29, 0.717) is 22.0 Å². The van der Waals surface area contributed by atoms with Gasteiger partial charge in [-0.2, -0.15) is 0 Å². The van der Waals surface area contributed by atoms with E-state index in [-0.39, 0.29) is 18.2 Å². The third kappa shape index (κ3) is 2.14. The van der Waals surface area contributed by atoms with Crippen LogP contribution in [0.25, 0.3) is 0 Å². The van der Waals surface area contributed by atoms with Crippen LogP contribution in [0.15, 0.2) is 42.5 Å². The molecule has 122 valence electrons. The largest absolute Gasteiger partial charge is 0.348 e. The molecular formula is C18H14Cl2N2O2. The fraction of sp³-hybridized carbons (Fsp3) is 0.222. The zero-order chi connectivity index (χ0) is 16.9. The molecule has 2 aromatic rings. The van der Waals surface area contributed by atoms with Gasteiger partial charge in [-0.15, -0.1) is 0 Å². The second-order valence-electron chi connectivity index (χ2n) is 6.14. The van der Waals surface area contributed by atoms with Crippen molar-refractivity contribution in [1.82, 2.24) is 5.32 Å². The van der Waals surface area contributed by atoms with Gasteiger partial charge in [0, 0.05) is 22.2 Å². The number of para-hydroxylation sites is 1. The van der Waals surface area contributed by atoms with Crippen molar-refractivity contribution in [3.63, 3.8) is 0 Å². The number of hydrogen-bond donors (Lipinski definition) is 2. The predicted octanol–water partition coefficient (Wildman–Crippen LogP) is 3.83. The SMILES string of the molecule is O=C1CCC2(C(=O)Nc3ccccc32)C(c2cc(Cl)ccc2Cl)N1. The van der Waals surface area contributed by atoms with Crippen molar-refractivity contribution in [3.05, 3.63) is 63.6 Å². The fourth-order valence-electron chi connectivity index (χ4n) is 3.76. The number of nitrogens with one attached hydrogen (secondary N) is 2. The molecule has 24 heavy (non-hydrogen) atoms. The van der Waals surface area contributed by atoms with Crippen LogP contribution in [0.2, 0.25) is 10.0 Å². The van der Waals surface area contributed by atoms with Gasteiger partial charge in [0.25, 0.3) is 0 Å². The van der Waals surface area contributed by atoms with E-state index in [9.17, 15) is 9.59 Å². The highest BCUT2D eigenvalue weighted by atomic mass is 35.5. The number of carbonyl (C=O) groups excluding carboxylic acids is 2. The number of benzene rings is 2. The molecular weight excluding hydrogens is 347 g/mol. The van der Waals surface area contributed by atoms with Gasteiger partial charge < -0.3 is 10.6 Å². The van der Waals surface area contributed by atoms with E-state index >= 15 is 0 Å². The van der Waals surface area contributed by atoms with E-state index in [0.717, 1.165) is 11.3 Å². The summed E-state index contributed by atoms with van der Waals surface area (Å²) in [6.07, 6.45) is 0.714. The number of hydrogen-bond acceptors (Lipinski definition) is 2. The third-order valence-electron chi connectivity index (χ3n) is 4.87. The maximum absolute atomic E-state index is 13.0. The number of piperidine rings is 1. The maximum Gasteiger partial charge on any atom is 0.237 e. The number of amides is 2.